The Bertz CT molecular complexity index is 95.9. The molecule has 0 aromatic rings. The van der Waals surface area contributed by atoms with Crippen LogP contribution in [-0.2, 0) is 0 Å². The van der Waals surface area contributed by atoms with Crippen molar-refractivity contribution in [1.82, 2.24) is 0 Å². The molecular weight excluding hydrogens is 127 g/mol. The molecule has 1 rings (SSSR count). The topological polar surface area (TPSA) is 0 Å². The van der Waals surface area contributed by atoms with Gasteiger partial charge in [-0.25, -0.2) is 0 Å². The van der Waals surface area contributed by atoms with Gasteiger partial charge in [0.25, 0.3) is 0 Å². The molecule has 0 amide bonds. The van der Waals surface area contributed by atoms with Crippen molar-refractivity contribution in [2.75, 3.05) is 0 Å². The molecule has 0 radical (unpaired) electrons. The summed E-state index contributed by atoms with van der Waals surface area (Å²) in [5.41, 5.74) is 0.514. The van der Waals surface area contributed by atoms with Gasteiger partial charge in [0.1, 0.15) is 0 Å². The summed E-state index contributed by atoms with van der Waals surface area (Å²) >= 11 is 0. The van der Waals surface area contributed by atoms with E-state index in [-0.39, 0.29) is 18.9 Å². The van der Waals surface area contributed by atoms with Crippen LogP contribution in [0.4, 0.5) is 0 Å². The van der Waals surface area contributed by atoms with E-state index in [9.17, 15) is 0 Å². The first-order chi connectivity index (χ1) is 4.61. The molecule has 11 heavy (non-hydrogen) atoms. The maximum atomic E-state index is 2.52. The van der Waals surface area contributed by atoms with Crippen molar-refractivity contribution in [1.29, 1.82) is 0 Å². The molecule has 1 aliphatic carbocycles. The van der Waals surface area contributed by atoms with Gasteiger partial charge in [-0.1, -0.05) is 45.4 Å². The molecular formula is C10H19Li. The van der Waals surface area contributed by atoms with Crippen LogP contribution >= 0.6 is 0 Å². The summed E-state index contributed by atoms with van der Waals surface area (Å²) in [6, 6.07) is 0. The van der Waals surface area contributed by atoms with Crippen molar-refractivity contribution >= 4 is 0 Å². The predicted molar refractivity (Wildman–Crippen MR) is 45.7 cm³/mol. The van der Waals surface area contributed by atoms with Crippen molar-refractivity contribution in [3.63, 3.8) is 0 Å². The fraction of sp³-hybridized carbons (Fsp3) is 0.900. The van der Waals surface area contributed by atoms with Crippen molar-refractivity contribution < 1.29 is 18.9 Å². The van der Waals surface area contributed by atoms with Crippen molar-refractivity contribution in [3.8, 4) is 0 Å². The first-order valence-electron chi connectivity index (χ1n) is 4.44. The van der Waals surface area contributed by atoms with Crippen LogP contribution in [-0.4, -0.2) is 0 Å². The minimum absolute atomic E-state index is 0. The molecule has 1 unspecified atom stereocenters. The predicted octanol–water partition coefficient (Wildman–Crippen LogP) is 0.431. The first kappa shape index (κ1) is 11.6. The summed E-state index contributed by atoms with van der Waals surface area (Å²) in [5, 5.41) is 0. The second kappa shape index (κ2) is 4.58. The molecule has 1 atom stereocenters. The maximum Gasteiger partial charge on any atom is 1.00 e. The molecule has 0 aromatic carbocycles. The zero-order chi connectivity index (χ0) is 7.61. The molecule has 0 N–H and O–H groups in total. The first-order valence-corrected chi connectivity index (χ1v) is 4.44. The van der Waals surface area contributed by atoms with E-state index in [0.717, 1.165) is 5.92 Å². The van der Waals surface area contributed by atoms with Crippen LogP contribution in [0.25, 0.3) is 0 Å². The molecule has 0 heterocycles. The average molecular weight is 146 g/mol. The smallest absolute Gasteiger partial charge is 0.325 e. The Balaban J connectivity index is 0.000001000. The monoisotopic (exact) mass is 146 g/mol. The molecule has 0 aromatic heterocycles. The van der Waals surface area contributed by atoms with Crippen LogP contribution in [0.5, 0.6) is 0 Å². The van der Waals surface area contributed by atoms with Crippen LogP contribution in [0.3, 0.4) is 0 Å². The van der Waals surface area contributed by atoms with Gasteiger partial charge < -0.3 is 6.42 Å². The van der Waals surface area contributed by atoms with Crippen molar-refractivity contribution in [2.24, 2.45) is 11.3 Å². The standard InChI is InChI=1S/C10H19.Li/c1-10(2,3)9-7-5-4-6-8-9;/h7,9H,4-6,8H2,1-3H3;/q-1;+1. The Morgan fingerprint density at radius 1 is 1.18 bits per heavy atom. The second-order valence-corrected chi connectivity index (χ2v) is 4.49. The third kappa shape index (κ3) is 3.68. The summed E-state index contributed by atoms with van der Waals surface area (Å²) in [4.78, 5) is 0. The summed E-state index contributed by atoms with van der Waals surface area (Å²) in [7, 11) is 0. The van der Waals surface area contributed by atoms with Gasteiger partial charge in [0.15, 0.2) is 0 Å². The molecule has 0 saturated heterocycles. The van der Waals surface area contributed by atoms with Gasteiger partial charge in [0.05, 0.1) is 0 Å². The summed E-state index contributed by atoms with van der Waals surface area (Å²) in [5.74, 6) is 0.876. The van der Waals surface area contributed by atoms with Crippen LogP contribution in [0, 0.1) is 17.8 Å². The zero-order valence-electron chi connectivity index (χ0n) is 8.48. The molecule has 1 heteroatoms. The minimum atomic E-state index is 0. The summed E-state index contributed by atoms with van der Waals surface area (Å²) in [6.45, 7) is 7.04. The largest absolute Gasteiger partial charge is 1.00 e. The molecule has 1 aliphatic rings. The quantitative estimate of drug-likeness (QED) is 0.343. The summed E-state index contributed by atoms with van der Waals surface area (Å²) in [6.07, 6.45) is 8.15. The fourth-order valence-corrected chi connectivity index (χ4v) is 1.73. The third-order valence-corrected chi connectivity index (χ3v) is 2.53. The zero-order valence-corrected chi connectivity index (χ0v) is 8.48. The van der Waals surface area contributed by atoms with Gasteiger partial charge in [-0.2, -0.15) is 12.3 Å². The third-order valence-electron chi connectivity index (χ3n) is 2.53. The number of hydrogen-bond donors (Lipinski definition) is 0. The SMILES string of the molecule is CC(C)(C)C1[CH-]CCCC1.[Li+]. The van der Waals surface area contributed by atoms with Gasteiger partial charge in [0, 0.05) is 0 Å². The number of hydrogen-bond acceptors (Lipinski definition) is 0. The van der Waals surface area contributed by atoms with Crippen LogP contribution < -0.4 is 18.9 Å². The van der Waals surface area contributed by atoms with E-state index in [2.05, 4.69) is 27.2 Å². The van der Waals surface area contributed by atoms with E-state index in [1.165, 1.54) is 25.7 Å². The molecule has 0 spiro atoms. The van der Waals surface area contributed by atoms with Gasteiger partial charge in [-0.05, 0) is 0 Å². The normalized spacial score (nSPS) is 25.9. The van der Waals surface area contributed by atoms with E-state index < -0.39 is 0 Å². The van der Waals surface area contributed by atoms with Crippen molar-refractivity contribution in [3.05, 3.63) is 6.42 Å². The number of rotatable bonds is 0. The van der Waals surface area contributed by atoms with Crippen LogP contribution in [0.1, 0.15) is 46.5 Å². The van der Waals surface area contributed by atoms with Gasteiger partial charge >= 0.3 is 18.9 Å². The molecule has 0 nitrogen and oxygen atoms in total. The van der Waals surface area contributed by atoms with Crippen LogP contribution in [0.15, 0.2) is 0 Å². The Morgan fingerprint density at radius 2 is 1.82 bits per heavy atom. The van der Waals surface area contributed by atoms with E-state index >= 15 is 0 Å². The van der Waals surface area contributed by atoms with E-state index in [1.54, 1.807) is 0 Å². The Morgan fingerprint density at radius 3 is 2.09 bits per heavy atom. The average Bonchev–Trinajstić information content (AvgIpc) is 1.88. The van der Waals surface area contributed by atoms with Gasteiger partial charge in [0.2, 0.25) is 0 Å². The Kier molecular flexibility index (Phi) is 4.83. The Hall–Kier alpha value is 0.597. The second-order valence-electron chi connectivity index (χ2n) is 4.49. The maximum absolute atomic E-state index is 2.52. The van der Waals surface area contributed by atoms with Gasteiger partial charge in [-0.15, -0.1) is 0 Å². The van der Waals surface area contributed by atoms with Crippen LogP contribution in [0.2, 0.25) is 0 Å². The molecule has 1 fully saturated rings. The van der Waals surface area contributed by atoms with E-state index in [4.69, 9.17) is 0 Å². The van der Waals surface area contributed by atoms with Crippen molar-refractivity contribution in [2.45, 2.75) is 46.5 Å². The minimum Gasteiger partial charge on any atom is -0.325 e. The van der Waals surface area contributed by atoms with E-state index in [0.29, 0.717) is 5.41 Å². The molecule has 0 aliphatic heterocycles. The Labute approximate surface area is 83.3 Å². The van der Waals surface area contributed by atoms with E-state index in [1.807, 2.05) is 0 Å². The summed E-state index contributed by atoms with van der Waals surface area (Å²) < 4.78 is 0. The molecule has 0 bridgehead atoms. The molecule has 60 valence electrons. The molecule has 1 saturated carbocycles. The van der Waals surface area contributed by atoms with Gasteiger partial charge in [-0.3, -0.25) is 0 Å². The fourth-order valence-electron chi connectivity index (χ4n) is 1.73.